The van der Waals surface area contributed by atoms with Gasteiger partial charge in [-0.2, -0.15) is 0 Å². The van der Waals surface area contributed by atoms with E-state index in [0.717, 1.165) is 12.1 Å². The number of likely N-dealkylation sites (tertiary alicyclic amines) is 1. The third-order valence-corrected chi connectivity index (χ3v) is 5.65. The number of ketones is 1. The van der Waals surface area contributed by atoms with Gasteiger partial charge < -0.3 is 9.64 Å². The highest BCUT2D eigenvalue weighted by Gasteiger charge is 2.45. The number of amides is 1. The Bertz CT molecular complexity index is 1010. The Hall–Kier alpha value is -3.09. The third kappa shape index (κ3) is 4.81. The zero-order chi connectivity index (χ0) is 22.6. The van der Waals surface area contributed by atoms with Gasteiger partial charge in [-0.05, 0) is 50.8 Å². The number of carbonyl (C=O) groups excluding carboxylic acids is 3. The number of hydrogen-bond acceptors (Lipinski definition) is 4. The van der Waals surface area contributed by atoms with Gasteiger partial charge in [0, 0.05) is 24.7 Å². The first kappa shape index (κ1) is 22.6. The van der Waals surface area contributed by atoms with Gasteiger partial charge in [0.2, 0.25) is 0 Å². The van der Waals surface area contributed by atoms with Crippen LogP contribution in [-0.2, 0) is 16.0 Å². The number of rotatable bonds is 6. The Kier molecular flexibility index (Phi) is 6.83. The molecule has 1 aliphatic heterocycles. The summed E-state index contributed by atoms with van der Waals surface area (Å²) in [6.07, 6.45) is 0.895. The van der Waals surface area contributed by atoms with Crippen molar-refractivity contribution in [1.29, 1.82) is 0 Å². The second-order valence-electron chi connectivity index (χ2n) is 7.85. The van der Waals surface area contributed by atoms with E-state index in [1.54, 1.807) is 31.2 Å². The van der Waals surface area contributed by atoms with E-state index in [1.807, 2.05) is 0 Å². The lowest BCUT2D eigenvalue weighted by molar-refractivity contribution is -0.158. The van der Waals surface area contributed by atoms with Gasteiger partial charge in [-0.25, -0.2) is 8.78 Å². The SMILES string of the molecule is CCOC(=O)C1(Cc2ccc(F)cc2F)CCCN(C(=O)c2ccccc2C(C)=O)C1. The maximum atomic E-state index is 14.4. The van der Waals surface area contributed by atoms with E-state index in [4.69, 9.17) is 4.74 Å². The number of Topliss-reactive ketones (excluding diaryl/α,β-unsaturated/α-hetero) is 1. The molecule has 1 atom stereocenters. The van der Waals surface area contributed by atoms with Gasteiger partial charge in [-0.1, -0.05) is 24.3 Å². The van der Waals surface area contributed by atoms with Crippen molar-refractivity contribution in [2.75, 3.05) is 19.7 Å². The van der Waals surface area contributed by atoms with Crippen LogP contribution in [0.15, 0.2) is 42.5 Å². The molecule has 2 aromatic rings. The van der Waals surface area contributed by atoms with Crippen LogP contribution < -0.4 is 0 Å². The maximum Gasteiger partial charge on any atom is 0.314 e. The van der Waals surface area contributed by atoms with Gasteiger partial charge in [0.15, 0.2) is 5.78 Å². The summed E-state index contributed by atoms with van der Waals surface area (Å²) >= 11 is 0. The monoisotopic (exact) mass is 429 g/mol. The average molecular weight is 429 g/mol. The number of carbonyl (C=O) groups is 3. The predicted molar refractivity (Wildman–Crippen MR) is 111 cm³/mol. The van der Waals surface area contributed by atoms with Crippen molar-refractivity contribution in [3.63, 3.8) is 0 Å². The molecule has 164 valence electrons. The summed E-state index contributed by atoms with van der Waals surface area (Å²) in [5.74, 6) is -2.55. The molecule has 0 aliphatic carbocycles. The Labute approximate surface area is 180 Å². The number of benzene rings is 2. The summed E-state index contributed by atoms with van der Waals surface area (Å²) in [4.78, 5) is 39.7. The molecule has 3 rings (SSSR count). The second-order valence-corrected chi connectivity index (χ2v) is 7.85. The molecule has 7 heteroatoms. The summed E-state index contributed by atoms with van der Waals surface area (Å²) in [7, 11) is 0. The summed E-state index contributed by atoms with van der Waals surface area (Å²) in [5, 5.41) is 0. The van der Waals surface area contributed by atoms with E-state index < -0.39 is 23.0 Å². The van der Waals surface area contributed by atoms with E-state index in [0.29, 0.717) is 24.9 Å². The van der Waals surface area contributed by atoms with Crippen LogP contribution >= 0.6 is 0 Å². The minimum atomic E-state index is -1.16. The first-order valence-electron chi connectivity index (χ1n) is 10.3. The summed E-state index contributed by atoms with van der Waals surface area (Å²) in [5.41, 5.74) is -0.395. The lowest BCUT2D eigenvalue weighted by Crippen LogP contribution is -2.52. The van der Waals surface area contributed by atoms with E-state index in [1.165, 1.54) is 17.9 Å². The smallest absolute Gasteiger partial charge is 0.314 e. The van der Waals surface area contributed by atoms with Crippen LogP contribution in [0.25, 0.3) is 0 Å². The normalized spacial score (nSPS) is 18.5. The molecule has 0 aromatic heterocycles. The van der Waals surface area contributed by atoms with E-state index in [2.05, 4.69) is 0 Å². The highest BCUT2D eigenvalue weighted by atomic mass is 19.1. The number of esters is 1. The van der Waals surface area contributed by atoms with Gasteiger partial charge in [0.1, 0.15) is 11.6 Å². The summed E-state index contributed by atoms with van der Waals surface area (Å²) in [6.45, 7) is 3.64. The van der Waals surface area contributed by atoms with E-state index in [9.17, 15) is 23.2 Å². The van der Waals surface area contributed by atoms with Crippen LogP contribution in [0.1, 0.15) is 53.0 Å². The molecule has 0 saturated carbocycles. The highest BCUT2D eigenvalue weighted by molar-refractivity contribution is 6.07. The fourth-order valence-electron chi connectivity index (χ4n) is 4.15. The van der Waals surface area contributed by atoms with Crippen molar-refractivity contribution < 1.29 is 27.9 Å². The lowest BCUT2D eigenvalue weighted by atomic mass is 9.74. The van der Waals surface area contributed by atoms with E-state index in [-0.39, 0.29) is 42.4 Å². The van der Waals surface area contributed by atoms with Crippen LogP contribution in [0.4, 0.5) is 8.78 Å². The molecule has 0 N–H and O–H groups in total. The quantitative estimate of drug-likeness (QED) is 0.510. The fraction of sp³-hybridized carbons (Fsp3) is 0.375. The number of ether oxygens (including phenoxy) is 1. The van der Waals surface area contributed by atoms with Crippen LogP contribution in [0.3, 0.4) is 0 Å². The Morgan fingerprint density at radius 2 is 1.81 bits per heavy atom. The highest BCUT2D eigenvalue weighted by Crippen LogP contribution is 2.37. The second kappa shape index (κ2) is 9.37. The minimum Gasteiger partial charge on any atom is -0.466 e. The largest absolute Gasteiger partial charge is 0.466 e. The van der Waals surface area contributed by atoms with Crippen molar-refractivity contribution in [3.05, 3.63) is 70.8 Å². The molecule has 1 unspecified atom stereocenters. The minimum absolute atomic E-state index is 0.0178. The van der Waals surface area contributed by atoms with E-state index >= 15 is 0 Å². The van der Waals surface area contributed by atoms with Gasteiger partial charge in [0.25, 0.3) is 5.91 Å². The van der Waals surface area contributed by atoms with Crippen LogP contribution in [0.5, 0.6) is 0 Å². The summed E-state index contributed by atoms with van der Waals surface area (Å²) in [6, 6.07) is 9.78. The predicted octanol–water partition coefficient (Wildman–Crippen LogP) is 4.20. The molecule has 5 nitrogen and oxygen atoms in total. The van der Waals surface area contributed by atoms with Gasteiger partial charge in [-0.15, -0.1) is 0 Å². The van der Waals surface area contributed by atoms with Gasteiger partial charge in [-0.3, -0.25) is 14.4 Å². The molecule has 1 aliphatic rings. The van der Waals surface area contributed by atoms with Crippen molar-refractivity contribution in [1.82, 2.24) is 4.90 Å². The molecule has 31 heavy (non-hydrogen) atoms. The third-order valence-electron chi connectivity index (χ3n) is 5.65. The van der Waals surface area contributed by atoms with Crippen molar-refractivity contribution in [3.8, 4) is 0 Å². The first-order valence-corrected chi connectivity index (χ1v) is 10.3. The van der Waals surface area contributed by atoms with Gasteiger partial charge in [0.05, 0.1) is 17.6 Å². The zero-order valence-corrected chi connectivity index (χ0v) is 17.6. The average Bonchev–Trinajstić information content (AvgIpc) is 2.75. The Morgan fingerprint density at radius 3 is 2.45 bits per heavy atom. The molecule has 1 heterocycles. The van der Waals surface area contributed by atoms with Gasteiger partial charge >= 0.3 is 5.97 Å². The molecular weight excluding hydrogens is 404 g/mol. The number of hydrogen-bond donors (Lipinski definition) is 0. The lowest BCUT2D eigenvalue weighted by Gasteiger charge is -2.41. The first-order chi connectivity index (χ1) is 14.8. The van der Waals surface area contributed by atoms with Crippen molar-refractivity contribution in [2.45, 2.75) is 33.1 Å². The Balaban J connectivity index is 1.95. The molecule has 0 radical (unpaired) electrons. The maximum absolute atomic E-state index is 14.4. The van der Waals surface area contributed by atoms with Crippen molar-refractivity contribution >= 4 is 17.7 Å². The molecule has 0 bridgehead atoms. The Morgan fingerprint density at radius 1 is 1.10 bits per heavy atom. The topological polar surface area (TPSA) is 63.7 Å². The van der Waals surface area contributed by atoms with Crippen LogP contribution in [-0.4, -0.2) is 42.3 Å². The fourth-order valence-corrected chi connectivity index (χ4v) is 4.15. The van der Waals surface area contributed by atoms with Crippen LogP contribution in [0.2, 0.25) is 0 Å². The molecule has 0 spiro atoms. The number of halogens is 2. The molecule has 1 fully saturated rings. The molecule has 2 aromatic carbocycles. The number of piperidine rings is 1. The molecule has 1 amide bonds. The standard InChI is InChI=1S/C24H25F2NO4/c1-3-31-23(30)24(14-17-9-10-18(25)13-21(17)26)11-6-12-27(15-24)22(29)20-8-5-4-7-19(20)16(2)28/h4-5,7-10,13H,3,6,11-12,14-15H2,1-2H3. The summed E-state index contributed by atoms with van der Waals surface area (Å²) < 4.78 is 33.0. The molecule has 1 saturated heterocycles. The van der Waals surface area contributed by atoms with Crippen molar-refractivity contribution in [2.24, 2.45) is 5.41 Å². The van der Waals surface area contributed by atoms with Crippen LogP contribution in [0, 0.1) is 17.0 Å². The zero-order valence-electron chi connectivity index (χ0n) is 17.6. The molecular formula is C24H25F2NO4. The number of nitrogens with zero attached hydrogens (tertiary/aromatic N) is 1.